The van der Waals surface area contributed by atoms with Crippen LogP contribution in [0.25, 0.3) is 22.3 Å². The molecule has 1 amide bonds. The first-order chi connectivity index (χ1) is 16.9. The molecule has 0 aliphatic carbocycles. The summed E-state index contributed by atoms with van der Waals surface area (Å²) in [6, 6.07) is 10.3. The quantitative estimate of drug-likeness (QED) is 0.350. The number of H-pyrrole nitrogens is 1. The van der Waals surface area contributed by atoms with Gasteiger partial charge in [0.05, 0.1) is 29.1 Å². The fraction of sp³-hybridized carbons (Fsp3) is 0.280. The van der Waals surface area contributed by atoms with Crippen LogP contribution in [0.3, 0.4) is 0 Å². The lowest BCUT2D eigenvalue weighted by atomic mass is 10.1. The average molecular weight is 509 g/mol. The van der Waals surface area contributed by atoms with Crippen LogP contribution in [0.5, 0.6) is 0 Å². The Labute approximate surface area is 208 Å². The number of nitrogens with one attached hydrogen (secondary N) is 3. The van der Waals surface area contributed by atoms with E-state index in [-0.39, 0.29) is 24.1 Å². The molecule has 11 heteroatoms. The highest BCUT2D eigenvalue weighted by molar-refractivity contribution is 7.92. The molecule has 4 rings (SSSR count). The zero-order valence-corrected chi connectivity index (χ0v) is 21.5. The number of nitrogens with zero attached hydrogens (tertiary/aromatic N) is 3. The molecular formula is C25H28N6O4S. The number of aryl methyl sites for hydroxylation is 2. The molecule has 0 saturated carbocycles. The van der Waals surface area contributed by atoms with E-state index in [9.17, 15) is 18.0 Å². The van der Waals surface area contributed by atoms with E-state index in [1.54, 1.807) is 41.2 Å². The topological polar surface area (TPSA) is 139 Å². The molecule has 0 spiro atoms. The summed E-state index contributed by atoms with van der Waals surface area (Å²) in [5, 5.41) is 7.88. The van der Waals surface area contributed by atoms with Crippen molar-refractivity contribution in [3.05, 3.63) is 75.3 Å². The van der Waals surface area contributed by atoms with Gasteiger partial charge >= 0.3 is 0 Å². The number of aromatic nitrogens is 4. The normalized spacial score (nSPS) is 11.7. The number of amides is 1. The predicted molar refractivity (Wildman–Crippen MR) is 140 cm³/mol. The van der Waals surface area contributed by atoms with Crippen molar-refractivity contribution < 1.29 is 13.2 Å². The van der Waals surface area contributed by atoms with Gasteiger partial charge in [-0.2, -0.15) is 5.10 Å². The first-order valence-corrected chi connectivity index (χ1v) is 13.3. The SMILES string of the molecule is Cc1cc(C)c(CNC(=O)c2cc(-c3ccc(NS(C)(=O)=O)cc3)nc3c2cnn3C(C)C)c(=O)[nH]1. The van der Waals surface area contributed by atoms with Crippen LogP contribution in [0, 0.1) is 13.8 Å². The smallest absolute Gasteiger partial charge is 0.253 e. The van der Waals surface area contributed by atoms with Crippen molar-refractivity contribution in [2.45, 2.75) is 40.3 Å². The molecular weight excluding hydrogens is 480 g/mol. The fourth-order valence-electron chi connectivity index (χ4n) is 4.02. The van der Waals surface area contributed by atoms with E-state index in [1.165, 1.54) is 0 Å². The maximum absolute atomic E-state index is 13.3. The van der Waals surface area contributed by atoms with Gasteiger partial charge in [0.1, 0.15) is 0 Å². The van der Waals surface area contributed by atoms with Gasteiger partial charge in [0.15, 0.2) is 5.65 Å². The summed E-state index contributed by atoms with van der Waals surface area (Å²) in [5.74, 6) is -0.360. The van der Waals surface area contributed by atoms with E-state index in [0.29, 0.717) is 39.1 Å². The van der Waals surface area contributed by atoms with Crippen LogP contribution < -0.4 is 15.6 Å². The summed E-state index contributed by atoms with van der Waals surface area (Å²) >= 11 is 0. The third-order valence-corrected chi connectivity index (χ3v) is 6.31. The second kappa shape index (κ2) is 9.57. The number of hydrogen-bond donors (Lipinski definition) is 3. The van der Waals surface area contributed by atoms with Gasteiger partial charge in [0, 0.05) is 35.1 Å². The van der Waals surface area contributed by atoms with Crippen molar-refractivity contribution in [3.8, 4) is 11.3 Å². The molecule has 0 atom stereocenters. The largest absolute Gasteiger partial charge is 0.348 e. The van der Waals surface area contributed by atoms with E-state index < -0.39 is 10.0 Å². The minimum atomic E-state index is -3.40. The second-order valence-corrected chi connectivity index (χ2v) is 10.8. The zero-order valence-electron chi connectivity index (χ0n) is 20.7. The molecule has 3 N–H and O–H groups in total. The molecule has 3 aromatic heterocycles. The lowest BCUT2D eigenvalue weighted by Crippen LogP contribution is -2.28. The standard InChI is InChI=1S/C25H28N6O4S/c1-14(2)31-23-21(13-27-31)19(24(32)26-12-20-15(3)10-16(4)28-25(20)33)11-22(29-23)17-6-8-18(9-7-17)30-36(5,34)35/h6-11,13-14,30H,12H2,1-5H3,(H,26,32)(H,28,33). The van der Waals surface area contributed by atoms with Crippen LogP contribution >= 0.6 is 0 Å². The molecule has 188 valence electrons. The van der Waals surface area contributed by atoms with Gasteiger partial charge in [0.2, 0.25) is 10.0 Å². The van der Waals surface area contributed by atoms with Crippen molar-refractivity contribution in [3.63, 3.8) is 0 Å². The van der Waals surface area contributed by atoms with Crippen LogP contribution in [0.4, 0.5) is 5.69 Å². The summed E-state index contributed by atoms with van der Waals surface area (Å²) in [5.41, 5.74) is 4.40. The van der Waals surface area contributed by atoms with E-state index in [2.05, 4.69) is 20.1 Å². The van der Waals surface area contributed by atoms with Gasteiger partial charge in [0.25, 0.3) is 11.5 Å². The van der Waals surface area contributed by atoms with Gasteiger partial charge in [-0.3, -0.25) is 14.3 Å². The third kappa shape index (κ3) is 5.30. The van der Waals surface area contributed by atoms with Crippen molar-refractivity contribution in [2.24, 2.45) is 0 Å². The summed E-state index contributed by atoms with van der Waals surface area (Å²) in [7, 11) is -3.40. The molecule has 0 unspecified atom stereocenters. The highest BCUT2D eigenvalue weighted by Gasteiger charge is 2.19. The molecule has 0 aliphatic heterocycles. The zero-order chi connectivity index (χ0) is 26.2. The highest BCUT2D eigenvalue weighted by atomic mass is 32.2. The summed E-state index contributed by atoms with van der Waals surface area (Å²) in [4.78, 5) is 33.2. The Morgan fingerprint density at radius 2 is 1.83 bits per heavy atom. The van der Waals surface area contributed by atoms with Gasteiger partial charge in [-0.1, -0.05) is 12.1 Å². The van der Waals surface area contributed by atoms with Gasteiger partial charge in [-0.15, -0.1) is 0 Å². The number of carbonyl (C=O) groups excluding carboxylic acids is 1. The number of rotatable bonds is 7. The summed E-state index contributed by atoms with van der Waals surface area (Å²) in [6.45, 7) is 7.66. The molecule has 0 aliphatic rings. The van der Waals surface area contributed by atoms with Crippen molar-refractivity contribution in [1.29, 1.82) is 0 Å². The molecule has 0 radical (unpaired) electrons. The molecule has 0 fully saturated rings. The lowest BCUT2D eigenvalue weighted by molar-refractivity contribution is 0.0952. The average Bonchev–Trinajstić information content (AvgIpc) is 3.21. The second-order valence-electron chi connectivity index (χ2n) is 9.05. The lowest BCUT2D eigenvalue weighted by Gasteiger charge is -2.12. The third-order valence-electron chi connectivity index (χ3n) is 5.70. The summed E-state index contributed by atoms with van der Waals surface area (Å²) < 4.78 is 27.2. The maximum atomic E-state index is 13.3. The maximum Gasteiger partial charge on any atom is 0.253 e. The Bertz CT molecular complexity index is 1620. The number of fused-ring (bicyclic) bond motifs is 1. The molecule has 0 bridgehead atoms. The summed E-state index contributed by atoms with van der Waals surface area (Å²) in [6.07, 6.45) is 2.70. The van der Waals surface area contributed by atoms with E-state index in [4.69, 9.17) is 4.98 Å². The monoisotopic (exact) mass is 508 g/mol. The Kier molecular flexibility index (Phi) is 6.68. The van der Waals surface area contributed by atoms with E-state index >= 15 is 0 Å². The number of carbonyl (C=O) groups is 1. The number of aromatic amines is 1. The number of pyridine rings is 2. The molecule has 10 nitrogen and oxygen atoms in total. The highest BCUT2D eigenvalue weighted by Crippen LogP contribution is 2.27. The fourth-order valence-corrected chi connectivity index (χ4v) is 4.58. The van der Waals surface area contributed by atoms with Crippen LogP contribution in [-0.4, -0.2) is 40.3 Å². The molecule has 3 heterocycles. The number of benzene rings is 1. The van der Waals surface area contributed by atoms with Crippen molar-refractivity contribution in [2.75, 3.05) is 11.0 Å². The molecule has 0 saturated heterocycles. The van der Waals surface area contributed by atoms with E-state index in [0.717, 1.165) is 17.5 Å². The Hall–Kier alpha value is -3.99. The Morgan fingerprint density at radius 3 is 2.44 bits per heavy atom. The first-order valence-electron chi connectivity index (χ1n) is 11.4. The number of hydrogen-bond acceptors (Lipinski definition) is 6. The van der Waals surface area contributed by atoms with Crippen molar-refractivity contribution >= 4 is 32.7 Å². The first kappa shape index (κ1) is 25.1. The molecule has 1 aromatic carbocycles. The number of sulfonamides is 1. The Balaban J connectivity index is 1.73. The van der Waals surface area contributed by atoms with Gasteiger partial charge in [-0.05, 0) is 57.5 Å². The molecule has 36 heavy (non-hydrogen) atoms. The van der Waals surface area contributed by atoms with Crippen molar-refractivity contribution in [1.82, 2.24) is 25.1 Å². The van der Waals surface area contributed by atoms with Crippen LogP contribution in [0.2, 0.25) is 0 Å². The van der Waals surface area contributed by atoms with Crippen LogP contribution in [0.15, 0.2) is 47.4 Å². The van der Waals surface area contributed by atoms with Crippen LogP contribution in [-0.2, 0) is 16.6 Å². The van der Waals surface area contributed by atoms with E-state index in [1.807, 2.05) is 33.8 Å². The van der Waals surface area contributed by atoms with Gasteiger partial charge < -0.3 is 10.3 Å². The Morgan fingerprint density at radius 1 is 1.14 bits per heavy atom. The van der Waals surface area contributed by atoms with Gasteiger partial charge in [-0.25, -0.2) is 18.1 Å². The van der Waals surface area contributed by atoms with Crippen LogP contribution in [0.1, 0.15) is 47.1 Å². The molecule has 4 aromatic rings. The number of anilines is 1. The predicted octanol–water partition coefficient (Wildman–Crippen LogP) is 3.29. The minimum Gasteiger partial charge on any atom is -0.348 e. The minimum absolute atomic E-state index is 0.0104.